The van der Waals surface area contributed by atoms with Gasteiger partial charge in [0.15, 0.2) is 0 Å². The third kappa shape index (κ3) is 7.53. The van der Waals surface area contributed by atoms with Gasteiger partial charge in [-0.25, -0.2) is 13.8 Å². The summed E-state index contributed by atoms with van der Waals surface area (Å²) in [5, 5.41) is 4.43. The van der Waals surface area contributed by atoms with Crippen LogP contribution < -0.4 is 0 Å². The van der Waals surface area contributed by atoms with Gasteiger partial charge in [-0.1, -0.05) is 54.1 Å². The van der Waals surface area contributed by atoms with Crippen molar-refractivity contribution in [1.29, 1.82) is 0 Å². The molecular formula is C23H20Cl2F4N4O4S. The molecule has 2 aromatic carbocycles. The first-order valence-corrected chi connectivity index (χ1v) is 12.9. The highest BCUT2D eigenvalue weighted by Gasteiger charge is 2.43. The molecule has 0 spiro atoms. The smallest absolute Gasteiger partial charge is 0.416 e. The number of hydrogen-bond acceptors (Lipinski definition) is 6. The summed E-state index contributed by atoms with van der Waals surface area (Å²) in [5.41, 5.74) is 0.941. The van der Waals surface area contributed by atoms with Crippen molar-refractivity contribution in [3.8, 4) is 0 Å². The Kier molecular flexibility index (Phi) is 9.88. The first kappa shape index (κ1) is 29.6. The van der Waals surface area contributed by atoms with Crippen LogP contribution in [0.25, 0.3) is 0 Å². The molecule has 4 rings (SSSR count). The molecule has 0 aliphatic carbocycles. The summed E-state index contributed by atoms with van der Waals surface area (Å²) in [4.78, 5) is 3.93. The van der Waals surface area contributed by atoms with Crippen LogP contribution in [0, 0.1) is 0 Å². The fourth-order valence-corrected chi connectivity index (χ4v) is 4.93. The van der Waals surface area contributed by atoms with Gasteiger partial charge in [0.1, 0.15) is 24.2 Å². The zero-order valence-corrected chi connectivity index (χ0v) is 21.7. The molecule has 8 nitrogen and oxygen atoms in total. The lowest BCUT2D eigenvalue weighted by Gasteiger charge is -2.22. The van der Waals surface area contributed by atoms with Gasteiger partial charge in [0.2, 0.25) is 5.90 Å². The molecule has 3 aromatic rings. The van der Waals surface area contributed by atoms with E-state index in [0.29, 0.717) is 16.1 Å². The molecule has 0 radical (unpaired) electrons. The molecule has 15 heteroatoms. The minimum Gasteiger partial charge on any atom is -0.472 e. The maximum absolute atomic E-state index is 13.0. The zero-order valence-electron chi connectivity index (χ0n) is 19.4. The second-order valence-electron chi connectivity index (χ2n) is 7.62. The predicted octanol–water partition coefficient (Wildman–Crippen LogP) is 5.58. The highest BCUT2D eigenvalue weighted by atomic mass is 35.5. The Morgan fingerprint density at radius 1 is 1.16 bits per heavy atom. The van der Waals surface area contributed by atoms with Gasteiger partial charge in [-0.15, -0.1) is 4.40 Å². The number of ether oxygens (including phenoxy) is 2. The third-order valence-corrected chi connectivity index (χ3v) is 6.82. The van der Waals surface area contributed by atoms with E-state index in [-0.39, 0.29) is 29.0 Å². The Morgan fingerprint density at radius 2 is 1.89 bits per heavy atom. The quantitative estimate of drug-likeness (QED) is 0.237. The van der Waals surface area contributed by atoms with Crippen molar-refractivity contribution in [3.63, 3.8) is 0 Å². The first-order chi connectivity index (χ1) is 17.9. The van der Waals surface area contributed by atoms with Crippen LogP contribution in [0.15, 0.2) is 77.1 Å². The molecule has 0 N–H and O–H groups in total. The van der Waals surface area contributed by atoms with Crippen LogP contribution in [0.2, 0.25) is 10.0 Å². The van der Waals surface area contributed by atoms with Gasteiger partial charge in [0.05, 0.1) is 18.7 Å². The van der Waals surface area contributed by atoms with Gasteiger partial charge >= 0.3 is 12.5 Å². The largest absolute Gasteiger partial charge is 0.472 e. The van der Waals surface area contributed by atoms with Gasteiger partial charge < -0.3 is 9.47 Å². The molecule has 0 saturated carbocycles. The lowest BCUT2D eigenvalue weighted by molar-refractivity contribution is -0.302. The number of alkyl halides is 4. The summed E-state index contributed by atoms with van der Waals surface area (Å²) < 4.78 is 87.7. The van der Waals surface area contributed by atoms with E-state index in [1.807, 2.05) is 0 Å². The van der Waals surface area contributed by atoms with Crippen molar-refractivity contribution in [2.45, 2.75) is 29.9 Å². The number of sulfonamides is 1. The summed E-state index contributed by atoms with van der Waals surface area (Å²) in [6.07, 6.45) is -4.30. The fraction of sp³-hybridized carbons (Fsp3) is 0.261. The van der Waals surface area contributed by atoms with E-state index in [1.165, 1.54) is 47.7 Å². The molecule has 0 amide bonds. The monoisotopic (exact) mass is 594 g/mol. The van der Waals surface area contributed by atoms with E-state index in [2.05, 4.69) is 25.8 Å². The normalized spacial score (nSPS) is 14.8. The van der Waals surface area contributed by atoms with Gasteiger partial charge in [0.25, 0.3) is 10.0 Å². The van der Waals surface area contributed by atoms with Crippen LogP contribution in [-0.2, 0) is 26.0 Å². The second kappa shape index (κ2) is 12.7. The van der Waals surface area contributed by atoms with Crippen molar-refractivity contribution in [1.82, 2.24) is 14.8 Å². The Labute approximate surface area is 225 Å². The van der Waals surface area contributed by atoms with Crippen LogP contribution in [0.5, 0.6) is 0 Å². The molecule has 204 valence electrons. The molecule has 1 aromatic heterocycles. The van der Waals surface area contributed by atoms with E-state index in [4.69, 9.17) is 27.9 Å². The fourth-order valence-electron chi connectivity index (χ4n) is 3.22. The van der Waals surface area contributed by atoms with Crippen molar-refractivity contribution in [2.75, 3.05) is 13.2 Å². The van der Waals surface area contributed by atoms with Crippen LogP contribution in [-0.4, -0.2) is 54.8 Å². The van der Waals surface area contributed by atoms with Gasteiger partial charge in [-0.05, 0) is 29.8 Å². The Balaban J connectivity index is 0.000000230. The molecule has 1 aliphatic rings. The molecule has 38 heavy (non-hydrogen) atoms. The number of aromatic nitrogens is 3. The number of halogens is 6. The van der Waals surface area contributed by atoms with Crippen molar-refractivity contribution >= 4 is 39.1 Å². The van der Waals surface area contributed by atoms with E-state index < -0.39 is 35.1 Å². The molecule has 0 bridgehead atoms. The maximum Gasteiger partial charge on any atom is 0.416 e. The third-order valence-electron chi connectivity index (χ3n) is 4.94. The van der Waals surface area contributed by atoms with Gasteiger partial charge in [-0.2, -0.15) is 22.3 Å². The van der Waals surface area contributed by atoms with Crippen LogP contribution >= 0.6 is 23.2 Å². The molecule has 1 unspecified atom stereocenters. The lowest BCUT2D eigenvalue weighted by Crippen LogP contribution is -2.32. The molecule has 0 fully saturated rings. The van der Waals surface area contributed by atoms with Gasteiger partial charge in [0, 0.05) is 16.0 Å². The highest BCUT2D eigenvalue weighted by Crippen LogP contribution is 2.32. The number of nitrogens with zero attached hydrogens (tertiary/aromatic N) is 4. The van der Waals surface area contributed by atoms with Crippen LogP contribution in [0.3, 0.4) is 0 Å². The van der Waals surface area contributed by atoms with E-state index in [0.717, 1.165) is 0 Å². The summed E-state index contributed by atoms with van der Waals surface area (Å²) in [7, 11) is -3.56. The predicted molar refractivity (Wildman–Crippen MR) is 132 cm³/mol. The second-order valence-corrected chi connectivity index (χ2v) is 10.0. The summed E-state index contributed by atoms with van der Waals surface area (Å²) in [6, 6.07) is 11.0. The number of fused-ring (bicyclic) bond motifs is 1. The van der Waals surface area contributed by atoms with E-state index in [1.54, 1.807) is 18.2 Å². The molecule has 1 atom stereocenters. The van der Waals surface area contributed by atoms with Crippen LogP contribution in [0.1, 0.15) is 17.0 Å². The standard InChI is InChI=1S/C13H11Cl2F4N3O.C10H9NO3S/c14-9-1-2-10(11(15)3-9)8(4-22-7-20-6-21-22)5-23-13(18,19)12(16)17;1-2-7-14-10-8-5-3-4-6-9(8)15(12,13)11-10/h1-3,6-8,12H,4-5H2;2-6H,1,7H2. The van der Waals surface area contributed by atoms with Gasteiger partial charge in [-0.3, -0.25) is 4.68 Å². The zero-order chi connectivity index (χ0) is 27.9. The number of hydrogen-bond donors (Lipinski definition) is 0. The van der Waals surface area contributed by atoms with E-state index >= 15 is 0 Å². The maximum atomic E-state index is 13.0. The number of rotatable bonds is 9. The average Bonchev–Trinajstić information content (AvgIpc) is 3.47. The minimum atomic E-state index is -4.54. The Hall–Kier alpha value is -3.00. The summed E-state index contributed by atoms with van der Waals surface area (Å²) >= 11 is 11.8. The molecule has 0 saturated heterocycles. The first-order valence-electron chi connectivity index (χ1n) is 10.7. The Morgan fingerprint density at radius 3 is 2.53 bits per heavy atom. The topological polar surface area (TPSA) is 95.7 Å². The van der Waals surface area contributed by atoms with Crippen LogP contribution in [0.4, 0.5) is 17.6 Å². The minimum absolute atomic E-state index is 0.0701. The highest BCUT2D eigenvalue weighted by molar-refractivity contribution is 7.90. The lowest BCUT2D eigenvalue weighted by atomic mass is 10.00. The van der Waals surface area contributed by atoms with Crippen molar-refractivity contribution < 1.29 is 35.5 Å². The molecule has 1 aliphatic heterocycles. The van der Waals surface area contributed by atoms with Crippen molar-refractivity contribution in [3.05, 3.63) is 88.9 Å². The average molecular weight is 595 g/mol. The van der Waals surface area contributed by atoms with Crippen molar-refractivity contribution in [2.24, 2.45) is 4.40 Å². The number of benzene rings is 2. The van der Waals surface area contributed by atoms with E-state index in [9.17, 15) is 26.0 Å². The molecular weight excluding hydrogens is 575 g/mol. The Bertz CT molecular complexity index is 1390. The summed E-state index contributed by atoms with van der Waals surface area (Å²) in [6.45, 7) is 3.11. The molecule has 2 heterocycles. The SMILES string of the molecule is C=CCOC1=NS(=O)(=O)c2ccccc21.FC(F)C(F)(F)OCC(Cn1cncn1)c1ccc(Cl)cc1Cl. The summed E-state index contributed by atoms with van der Waals surface area (Å²) in [5.74, 6) is -0.600.